The number of aliphatic carboxylic acids is 1. The number of carbonyl (C=O) groups is 1. The Morgan fingerprint density at radius 1 is 1.53 bits per heavy atom. The molecule has 3 heterocycles. The van der Waals surface area contributed by atoms with E-state index in [0.29, 0.717) is 6.61 Å². The molecule has 19 heavy (non-hydrogen) atoms. The summed E-state index contributed by atoms with van der Waals surface area (Å²) >= 11 is 1.67. The molecule has 0 fully saturated rings. The van der Waals surface area contributed by atoms with Crippen molar-refractivity contribution in [3.8, 4) is 10.6 Å². The van der Waals surface area contributed by atoms with Gasteiger partial charge in [0.1, 0.15) is 11.5 Å². The smallest absolute Gasteiger partial charge is 0.306 e. The highest BCUT2D eigenvalue weighted by atomic mass is 32.1. The second-order valence-electron chi connectivity index (χ2n) is 4.61. The van der Waals surface area contributed by atoms with Crippen molar-refractivity contribution >= 4 is 17.3 Å². The van der Waals surface area contributed by atoms with Gasteiger partial charge in [0.25, 0.3) is 0 Å². The van der Waals surface area contributed by atoms with Crippen molar-refractivity contribution in [2.75, 3.05) is 6.61 Å². The molecule has 1 aliphatic heterocycles. The maximum absolute atomic E-state index is 10.9. The van der Waals surface area contributed by atoms with Crippen LogP contribution in [0, 0.1) is 6.92 Å². The van der Waals surface area contributed by atoms with Crippen LogP contribution in [0.15, 0.2) is 22.6 Å². The molecule has 100 valence electrons. The molecular formula is C14H14O4S. The Labute approximate surface area is 114 Å². The predicted molar refractivity (Wildman–Crippen MR) is 71.4 cm³/mol. The minimum Gasteiger partial charge on any atom is -0.481 e. The maximum Gasteiger partial charge on any atom is 0.306 e. The molecule has 0 saturated heterocycles. The van der Waals surface area contributed by atoms with Crippen molar-refractivity contribution in [1.82, 2.24) is 0 Å². The van der Waals surface area contributed by atoms with Crippen LogP contribution >= 0.6 is 11.3 Å². The van der Waals surface area contributed by atoms with E-state index in [1.807, 2.05) is 25.1 Å². The second kappa shape index (κ2) is 4.83. The molecule has 1 unspecified atom stereocenters. The van der Waals surface area contributed by atoms with Crippen molar-refractivity contribution in [2.45, 2.75) is 25.9 Å². The van der Waals surface area contributed by atoms with E-state index in [2.05, 4.69) is 0 Å². The lowest BCUT2D eigenvalue weighted by Gasteiger charge is -2.21. The van der Waals surface area contributed by atoms with Gasteiger partial charge in [-0.25, -0.2) is 0 Å². The largest absolute Gasteiger partial charge is 0.481 e. The summed E-state index contributed by atoms with van der Waals surface area (Å²) in [5.41, 5.74) is 1.00. The van der Waals surface area contributed by atoms with Crippen LogP contribution in [-0.4, -0.2) is 17.7 Å². The average molecular weight is 278 g/mol. The van der Waals surface area contributed by atoms with Gasteiger partial charge in [-0.3, -0.25) is 4.79 Å². The molecule has 0 aromatic carbocycles. The summed E-state index contributed by atoms with van der Waals surface area (Å²) in [5.74, 6) is 0.880. The molecule has 0 radical (unpaired) electrons. The van der Waals surface area contributed by atoms with Crippen LogP contribution in [0.5, 0.6) is 0 Å². The standard InChI is InChI=1S/C14H14O4S/c1-8-2-3-10(18-8)13-6-9-11(7-14(15)16)17-5-4-12(9)19-13/h2-3,6,11H,4-5,7H2,1H3,(H,15,16). The molecule has 0 aliphatic carbocycles. The molecule has 1 aliphatic rings. The third-order valence-corrected chi connectivity index (χ3v) is 4.41. The quantitative estimate of drug-likeness (QED) is 0.934. The third-order valence-electron chi connectivity index (χ3n) is 3.18. The normalized spacial score (nSPS) is 18.3. The Bertz CT molecular complexity index is 611. The van der Waals surface area contributed by atoms with Crippen molar-refractivity contribution in [3.63, 3.8) is 0 Å². The van der Waals surface area contributed by atoms with Gasteiger partial charge in [0, 0.05) is 11.3 Å². The molecule has 0 spiro atoms. The molecular weight excluding hydrogens is 264 g/mol. The fourth-order valence-electron chi connectivity index (χ4n) is 2.31. The minimum atomic E-state index is -0.834. The number of rotatable bonds is 3. The third kappa shape index (κ3) is 2.43. The molecule has 5 heteroatoms. The Hall–Kier alpha value is -1.59. The molecule has 0 amide bonds. The summed E-state index contributed by atoms with van der Waals surface area (Å²) in [5, 5.41) is 8.92. The Balaban J connectivity index is 1.95. The van der Waals surface area contributed by atoms with E-state index < -0.39 is 5.97 Å². The lowest BCUT2D eigenvalue weighted by Crippen LogP contribution is -2.17. The first kappa shape index (κ1) is 12.4. The SMILES string of the molecule is Cc1ccc(-c2cc3c(s2)CCOC3CC(=O)O)o1. The molecule has 3 rings (SSSR count). The molecule has 0 saturated carbocycles. The summed E-state index contributed by atoms with van der Waals surface area (Å²) in [6.07, 6.45) is 0.526. The van der Waals surface area contributed by atoms with Crippen molar-refractivity contribution in [2.24, 2.45) is 0 Å². The number of thiophene rings is 1. The fourth-order valence-corrected chi connectivity index (χ4v) is 3.47. The van der Waals surface area contributed by atoms with E-state index in [4.69, 9.17) is 14.3 Å². The van der Waals surface area contributed by atoms with E-state index in [1.165, 1.54) is 4.88 Å². The van der Waals surface area contributed by atoms with Gasteiger partial charge in [-0.2, -0.15) is 0 Å². The highest BCUT2D eigenvalue weighted by Crippen LogP contribution is 2.40. The van der Waals surface area contributed by atoms with Crippen molar-refractivity contribution < 1.29 is 19.1 Å². The van der Waals surface area contributed by atoms with E-state index in [-0.39, 0.29) is 12.5 Å². The molecule has 2 aromatic rings. The van der Waals surface area contributed by atoms with Gasteiger partial charge in [0.15, 0.2) is 0 Å². The van der Waals surface area contributed by atoms with Gasteiger partial charge in [-0.05, 0) is 30.7 Å². The van der Waals surface area contributed by atoms with E-state index in [1.54, 1.807) is 11.3 Å². The van der Waals surface area contributed by atoms with Gasteiger partial charge in [0.05, 0.1) is 24.0 Å². The van der Waals surface area contributed by atoms with E-state index in [0.717, 1.165) is 28.4 Å². The van der Waals surface area contributed by atoms with Gasteiger partial charge in [-0.1, -0.05) is 0 Å². The van der Waals surface area contributed by atoms with Crippen LogP contribution in [0.2, 0.25) is 0 Å². The summed E-state index contributed by atoms with van der Waals surface area (Å²) in [6, 6.07) is 5.88. The number of carboxylic acid groups (broad SMARTS) is 1. The molecule has 1 N–H and O–H groups in total. The van der Waals surface area contributed by atoms with Gasteiger partial charge >= 0.3 is 5.97 Å². The first-order valence-corrected chi connectivity index (χ1v) is 6.98. The summed E-state index contributed by atoms with van der Waals surface area (Å²) in [7, 11) is 0. The number of carboxylic acids is 1. The first-order valence-electron chi connectivity index (χ1n) is 6.16. The Kier molecular flexibility index (Phi) is 3.16. The van der Waals surface area contributed by atoms with Crippen molar-refractivity contribution in [1.29, 1.82) is 0 Å². The van der Waals surface area contributed by atoms with Crippen molar-refractivity contribution in [3.05, 3.63) is 34.4 Å². The topological polar surface area (TPSA) is 59.7 Å². The first-order chi connectivity index (χ1) is 9.13. The van der Waals surface area contributed by atoms with Crippen LogP contribution in [-0.2, 0) is 16.0 Å². The number of hydrogen-bond acceptors (Lipinski definition) is 4. The fraction of sp³-hybridized carbons (Fsp3) is 0.357. The van der Waals surface area contributed by atoms with Gasteiger partial charge < -0.3 is 14.3 Å². The zero-order valence-corrected chi connectivity index (χ0v) is 11.3. The van der Waals surface area contributed by atoms with Gasteiger partial charge in [-0.15, -0.1) is 11.3 Å². The lowest BCUT2D eigenvalue weighted by atomic mass is 10.0. The highest BCUT2D eigenvalue weighted by molar-refractivity contribution is 7.15. The summed E-state index contributed by atoms with van der Waals surface area (Å²) in [4.78, 5) is 13.1. The molecule has 0 bridgehead atoms. The van der Waals surface area contributed by atoms with Crippen LogP contribution < -0.4 is 0 Å². The van der Waals surface area contributed by atoms with E-state index in [9.17, 15) is 4.79 Å². The van der Waals surface area contributed by atoms with Crippen LogP contribution in [0.1, 0.15) is 28.7 Å². The van der Waals surface area contributed by atoms with Crippen LogP contribution in [0.25, 0.3) is 10.6 Å². The predicted octanol–water partition coefficient (Wildman–Crippen LogP) is 3.41. The second-order valence-corrected chi connectivity index (χ2v) is 5.74. The summed E-state index contributed by atoms with van der Waals surface area (Å²) in [6.45, 7) is 2.50. The number of ether oxygens (including phenoxy) is 1. The molecule has 2 aromatic heterocycles. The summed E-state index contributed by atoms with van der Waals surface area (Å²) < 4.78 is 11.2. The zero-order valence-electron chi connectivity index (χ0n) is 10.5. The molecule has 4 nitrogen and oxygen atoms in total. The Morgan fingerprint density at radius 3 is 3.05 bits per heavy atom. The van der Waals surface area contributed by atoms with Crippen LogP contribution in [0.3, 0.4) is 0 Å². The number of fused-ring (bicyclic) bond motifs is 1. The number of furan rings is 1. The molecule has 1 atom stereocenters. The van der Waals surface area contributed by atoms with Gasteiger partial charge in [0.2, 0.25) is 0 Å². The lowest BCUT2D eigenvalue weighted by molar-refractivity contribution is -0.140. The maximum atomic E-state index is 10.9. The Morgan fingerprint density at radius 2 is 2.37 bits per heavy atom. The highest BCUT2D eigenvalue weighted by Gasteiger charge is 2.26. The monoisotopic (exact) mass is 278 g/mol. The zero-order chi connectivity index (χ0) is 13.4. The van der Waals surface area contributed by atoms with E-state index >= 15 is 0 Å². The number of aryl methyl sites for hydroxylation is 1. The average Bonchev–Trinajstić information content (AvgIpc) is 2.94. The number of hydrogen-bond donors (Lipinski definition) is 1. The minimum absolute atomic E-state index is 0.0142. The van der Waals surface area contributed by atoms with Crippen LogP contribution in [0.4, 0.5) is 0 Å².